The average Bonchev–Trinajstić information content (AvgIpc) is 2.65. The Hall–Kier alpha value is -1.39. The van der Waals surface area contributed by atoms with Crippen LogP contribution in [0.25, 0.3) is 0 Å². The number of nitrogens with one attached hydrogen (secondary N) is 1. The van der Waals surface area contributed by atoms with Crippen molar-refractivity contribution in [2.24, 2.45) is 5.73 Å². The van der Waals surface area contributed by atoms with Crippen molar-refractivity contribution < 1.29 is 0 Å². The fourth-order valence-electron chi connectivity index (χ4n) is 1.32. The molecule has 0 unspecified atom stereocenters. The first-order valence-corrected chi connectivity index (χ1v) is 4.94. The highest BCUT2D eigenvalue weighted by Crippen LogP contribution is 2.18. The normalized spacial score (nSPS) is 12.7. The van der Waals surface area contributed by atoms with E-state index in [-0.39, 0.29) is 6.04 Å². The van der Waals surface area contributed by atoms with Gasteiger partial charge in [-0.3, -0.25) is 5.10 Å². The summed E-state index contributed by atoms with van der Waals surface area (Å²) < 4.78 is 0. The number of aryl methyl sites for hydroxylation is 1. The lowest BCUT2D eigenvalue weighted by Gasteiger charge is -2.07. The highest BCUT2D eigenvalue weighted by atomic mass is 35.5. The van der Waals surface area contributed by atoms with Crippen LogP contribution in [0, 0.1) is 6.92 Å². The second-order valence-electron chi connectivity index (χ2n) is 3.31. The van der Waals surface area contributed by atoms with Crippen molar-refractivity contribution >= 4 is 11.6 Å². The molecular weight excluding hydrogens is 212 g/mol. The molecule has 0 saturated heterocycles. The predicted molar refractivity (Wildman–Crippen MR) is 58.6 cm³/mol. The largest absolute Gasteiger partial charge is 0.318 e. The molecule has 15 heavy (non-hydrogen) atoms. The number of halogens is 1. The summed E-state index contributed by atoms with van der Waals surface area (Å²) >= 11 is 5.79. The molecule has 0 aliphatic rings. The summed E-state index contributed by atoms with van der Waals surface area (Å²) in [6.07, 6.45) is 0. The molecule has 2 rings (SSSR count). The summed E-state index contributed by atoms with van der Waals surface area (Å²) in [5, 5.41) is 7.48. The summed E-state index contributed by atoms with van der Waals surface area (Å²) in [6.45, 7) is 1.84. The Labute approximate surface area is 92.5 Å². The third-order valence-corrected chi connectivity index (χ3v) is 2.37. The number of nitrogens with zero attached hydrogens (tertiary/aromatic N) is 2. The maximum Gasteiger partial charge on any atom is 0.171 e. The van der Waals surface area contributed by atoms with Gasteiger partial charge in [-0.05, 0) is 24.6 Å². The smallest absolute Gasteiger partial charge is 0.171 e. The minimum absolute atomic E-state index is 0.313. The topological polar surface area (TPSA) is 67.6 Å². The minimum Gasteiger partial charge on any atom is -0.318 e. The van der Waals surface area contributed by atoms with Crippen LogP contribution in [-0.4, -0.2) is 15.2 Å². The van der Waals surface area contributed by atoms with Crippen LogP contribution in [0.3, 0.4) is 0 Å². The van der Waals surface area contributed by atoms with Crippen LogP contribution in [0.5, 0.6) is 0 Å². The number of aromatic nitrogens is 3. The zero-order chi connectivity index (χ0) is 10.8. The maximum absolute atomic E-state index is 5.99. The van der Waals surface area contributed by atoms with Gasteiger partial charge in [0.1, 0.15) is 5.82 Å². The van der Waals surface area contributed by atoms with Crippen molar-refractivity contribution in [1.82, 2.24) is 15.2 Å². The highest BCUT2D eigenvalue weighted by molar-refractivity contribution is 6.30. The molecular formula is C10H11ClN4. The average molecular weight is 223 g/mol. The number of hydrogen-bond donors (Lipinski definition) is 2. The molecule has 0 radical (unpaired) electrons. The second-order valence-corrected chi connectivity index (χ2v) is 3.74. The SMILES string of the molecule is Cc1nc([C@@H](N)c2ccc(Cl)cc2)n[nH]1. The van der Waals surface area contributed by atoms with E-state index in [2.05, 4.69) is 15.2 Å². The van der Waals surface area contributed by atoms with Crippen molar-refractivity contribution in [3.63, 3.8) is 0 Å². The first-order valence-electron chi connectivity index (χ1n) is 4.57. The van der Waals surface area contributed by atoms with Gasteiger partial charge in [0.15, 0.2) is 5.82 Å². The molecule has 1 aromatic heterocycles. The molecule has 5 heteroatoms. The Bertz CT molecular complexity index is 449. The van der Waals surface area contributed by atoms with Gasteiger partial charge in [-0.15, -0.1) is 0 Å². The Morgan fingerprint density at radius 3 is 2.53 bits per heavy atom. The number of aromatic amines is 1. The molecule has 0 fully saturated rings. The monoisotopic (exact) mass is 222 g/mol. The molecule has 0 aliphatic carbocycles. The molecule has 78 valence electrons. The van der Waals surface area contributed by atoms with Crippen molar-refractivity contribution in [3.05, 3.63) is 46.5 Å². The zero-order valence-electron chi connectivity index (χ0n) is 8.24. The van der Waals surface area contributed by atoms with Crippen LogP contribution in [-0.2, 0) is 0 Å². The molecule has 0 aliphatic heterocycles. The van der Waals surface area contributed by atoms with E-state index < -0.39 is 0 Å². The van der Waals surface area contributed by atoms with Gasteiger partial charge in [0, 0.05) is 5.02 Å². The van der Waals surface area contributed by atoms with Crippen LogP contribution in [0.1, 0.15) is 23.3 Å². The van der Waals surface area contributed by atoms with E-state index in [1.165, 1.54) is 0 Å². The van der Waals surface area contributed by atoms with Crippen LogP contribution in [0.4, 0.5) is 0 Å². The first kappa shape index (κ1) is 10.1. The van der Waals surface area contributed by atoms with E-state index in [1.54, 1.807) is 12.1 Å². The van der Waals surface area contributed by atoms with Crippen molar-refractivity contribution in [2.75, 3.05) is 0 Å². The maximum atomic E-state index is 5.99. The first-order chi connectivity index (χ1) is 7.16. The fourth-order valence-corrected chi connectivity index (χ4v) is 1.44. The van der Waals surface area contributed by atoms with Gasteiger partial charge in [-0.25, -0.2) is 4.98 Å². The van der Waals surface area contributed by atoms with Gasteiger partial charge in [-0.1, -0.05) is 23.7 Å². The summed E-state index contributed by atoms with van der Waals surface area (Å²) in [5.74, 6) is 1.35. The molecule has 0 amide bonds. The lowest BCUT2D eigenvalue weighted by atomic mass is 10.1. The molecule has 0 bridgehead atoms. The van der Waals surface area contributed by atoms with Gasteiger partial charge in [0.25, 0.3) is 0 Å². The van der Waals surface area contributed by atoms with E-state index >= 15 is 0 Å². The van der Waals surface area contributed by atoms with Gasteiger partial charge < -0.3 is 5.73 Å². The lowest BCUT2D eigenvalue weighted by molar-refractivity contribution is 0.787. The zero-order valence-corrected chi connectivity index (χ0v) is 8.99. The molecule has 1 atom stereocenters. The predicted octanol–water partition coefficient (Wildman–Crippen LogP) is 1.81. The van der Waals surface area contributed by atoms with Gasteiger partial charge in [-0.2, -0.15) is 5.10 Å². The summed E-state index contributed by atoms with van der Waals surface area (Å²) in [4.78, 5) is 4.18. The molecule has 0 spiro atoms. The lowest BCUT2D eigenvalue weighted by Crippen LogP contribution is -2.13. The summed E-state index contributed by atoms with van der Waals surface area (Å²) in [7, 11) is 0. The number of benzene rings is 1. The summed E-state index contributed by atoms with van der Waals surface area (Å²) in [5.41, 5.74) is 6.93. The van der Waals surface area contributed by atoms with E-state index in [0.29, 0.717) is 10.8 Å². The third-order valence-electron chi connectivity index (χ3n) is 2.12. The second kappa shape index (κ2) is 4.00. The van der Waals surface area contributed by atoms with Crippen LogP contribution >= 0.6 is 11.6 Å². The third kappa shape index (κ3) is 2.16. The molecule has 3 N–H and O–H groups in total. The Morgan fingerprint density at radius 2 is 2.00 bits per heavy atom. The van der Waals surface area contributed by atoms with Crippen LogP contribution < -0.4 is 5.73 Å². The Kier molecular flexibility index (Phi) is 2.70. The number of rotatable bonds is 2. The molecule has 1 heterocycles. The molecule has 0 saturated carbocycles. The minimum atomic E-state index is -0.313. The Balaban J connectivity index is 2.28. The molecule has 4 nitrogen and oxygen atoms in total. The number of H-pyrrole nitrogens is 1. The van der Waals surface area contributed by atoms with E-state index in [1.807, 2.05) is 19.1 Å². The highest BCUT2D eigenvalue weighted by Gasteiger charge is 2.12. The molecule has 2 aromatic rings. The van der Waals surface area contributed by atoms with Crippen molar-refractivity contribution in [1.29, 1.82) is 0 Å². The van der Waals surface area contributed by atoms with Gasteiger partial charge in [0.05, 0.1) is 6.04 Å². The van der Waals surface area contributed by atoms with Gasteiger partial charge >= 0.3 is 0 Å². The van der Waals surface area contributed by atoms with E-state index in [0.717, 1.165) is 11.4 Å². The summed E-state index contributed by atoms with van der Waals surface area (Å²) in [6, 6.07) is 7.04. The van der Waals surface area contributed by atoms with E-state index in [9.17, 15) is 0 Å². The molecule has 1 aromatic carbocycles. The standard InChI is InChI=1S/C10H11ClN4/c1-6-13-10(15-14-6)9(12)7-2-4-8(11)5-3-7/h2-5,9H,12H2,1H3,(H,13,14,15)/t9-/m0/s1. The van der Waals surface area contributed by atoms with E-state index in [4.69, 9.17) is 17.3 Å². The van der Waals surface area contributed by atoms with Crippen molar-refractivity contribution in [2.45, 2.75) is 13.0 Å². The number of hydrogen-bond acceptors (Lipinski definition) is 3. The Morgan fingerprint density at radius 1 is 1.33 bits per heavy atom. The van der Waals surface area contributed by atoms with Crippen LogP contribution in [0.15, 0.2) is 24.3 Å². The fraction of sp³-hybridized carbons (Fsp3) is 0.200. The van der Waals surface area contributed by atoms with Crippen LogP contribution in [0.2, 0.25) is 5.02 Å². The van der Waals surface area contributed by atoms with Gasteiger partial charge in [0.2, 0.25) is 0 Å². The quantitative estimate of drug-likeness (QED) is 0.815. The number of nitrogens with two attached hydrogens (primary N) is 1. The van der Waals surface area contributed by atoms with Crippen molar-refractivity contribution in [3.8, 4) is 0 Å².